The molecule has 2 rings (SSSR count). The molecule has 1 aliphatic rings. The molecule has 1 aliphatic carbocycles. The Balaban J connectivity index is 2.30. The molecule has 0 saturated heterocycles. The van der Waals surface area contributed by atoms with Crippen LogP contribution in [0.25, 0.3) is 0 Å². The fraction of sp³-hybridized carbons (Fsp3) is 0.647. The third-order valence-corrected chi connectivity index (χ3v) is 4.59. The van der Waals surface area contributed by atoms with Crippen molar-refractivity contribution in [2.24, 2.45) is 11.8 Å². The number of benzene rings is 1. The molecule has 0 amide bonds. The normalized spacial score (nSPS) is 27.3. The van der Waals surface area contributed by atoms with Gasteiger partial charge in [-0.15, -0.1) is 0 Å². The van der Waals surface area contributed by atoms with Crippen LogP contribution in [0.15, 0.2) is 24.3 Å². The molecule has 0 aromatic heterocycles. The van der Waals surface area contributed by atoms with Crippen molar-refractivity contribution in [2.45, 2.75) is 51.2 Å². The fourth-order valence-corrected chi connectivity index (χ4v) is 3.61. The van der Waals surface area contributed by atoms with Crippen molar-refractivity contribution in [3.05, 3.63) is 29.8 Å². The molecule has 21 heavy (non-hydrogen) atoms. The van der Waals surface area contributed by atoms with Crippen LogP contribution in [-0.4, -0.2) is 19.3 Å². The van der Waals surface area contributed by atoms with E-state index in [9.17, 15) is 0 Å². The third kappa shape index (κ3) is 3.57. The highest BCUT2D eigenvalue weighted by Crippen LogP contribution is 2.43. The summed E-state index contributed by atoms with van der Waals surface area (Å²) in [6, 6.07) is 8.12. The van der Waals surface area contributed by atoms with Gasteiger partial charge in [-0.05, 0) is 43.4 Å². The lowest BCUT2D eigenvalue weighted by molar-refractivity contribution is -0.0806. The van der Waals surface area contributed by atoms with Crippen molar-refractivity contribution in [1.29, 1.82) is 0 Å². The lowest BCUT2D eigenvalue weighted by Crippen LogP contribution is -2.50. The number of nitrogens with two attached hydrogens (primary N) is 1. The third-order valence-electron chi connectivity index (χ3n) is 4.59. The summed E-state index contributed by atoms with van der Waals surface area (Å²) in [7, 11) is 1.80. The Morgan fingerprint density at radius 1 is 1.48 bits per heavy atom. The maximum absolute atomic E-state index is 5.97. The van der Waals surface area contributed by atoms with Crippen LogP contribution in [0.1, 0.15) is 51.1 Å². The van der Waals surface area contributed by atoms with E-state index in [1.54, 1.807) is 7.11 Å². The van der Waals surface area contributed by atoms with Gasteiger partial charge in [0.2, 0.25) is 0 Å². The van der Waals surface area contributed by atoms with Crippen LogP contribution >= 0.6 is 0 Å². The molecule has 3 unspecified atom stereocenters. The van der Waals surface area contributed by atoms with Crippen LogP contribution in [0.3, 0.4) is 0 Å². The van der Waals surface area contributed by atoms with Crippen LogP contribution in [0.2, 0.25) is 0 Å². The van der Waals surface area contributed by atoms with Crippen molar-refractivity contribution in [3.8, 4) is 5.75 Å². The lowest BCUT2D eigenvalue weighted by Gasteiger charge is -2.44. The average molecular weight is 292 g/mol. The number of hydrogen-bond acceptors (Lipinski definition) is 4. The molecule has 4 nitrogen and oxygen atoms in total. The zero-order valence-electron chi connectivity index (χ0n) is 13.4. The van der Waals surface area contributed by atoms with Crippen LogP contribution in [-0.2, 0) is 4.74 Å². The van der Waals surface area contributed by atoms with Gasteiger partial charge in [-0.3, -0.25) is 11.3 Å². The number of methoxy groups -OCH3 is 1. The maximum atomic E-state index is 5.97. The molecule has 3 N–H and O–H groups in total. The Labute approximate surface area is 128 Å². The van der Waals surface area contributed by atoms with E-state index in [0.29, 0.717) is 12.5 Å². The molecule has 1 aromatic rings. The molecule has 0 bridgehead atoms. The lowest BCUT2D eigenvalue weighted by atomic mass is 9.73. The number of rotatable bonds is 6. The molecule has 1 saturated carbocycles. The Kier molecular flexibility index (Phi) is 5.62. The van der Waals surface area contributed by atoms with Gasteiger partial charge in [-0.1, -0.05) is 31.9 Å². The van der Waals surface area contributed by atoms with E-state index in [-0.39, 0.29) is 11.6 Å². The fourth-order valence-electron chi connectivity index (χ4n) is 3.61. The molecule has 0 spiro atoms. The topological polar surface area (TPSA) is 56.5 Å². The first-order chi connectivity index (χ1) is 10.1. The van der Waals surface area contributed by atoms with Gasteiger partial charge in [0.1, 0.15) is 5.75 Å². The molecule has 4 heteroatoms. The van der Waals surface area contributed by atoms with E-state index >= 15 is 0 Å². The molecule has 0 radical (unpaired) electrons. The van der Waals surface area contributed by atoms with Crippen molar-refractivity contribution < 1.29 is 9.47 Å². The van der Waals surface area contributed by atoms with Gasteiger partial charge in [-0.25, -0.2) is 0 Å². The summed E-state index contributed by atoms with van der Waals surface area (Å²) in [4.78, 5) is 0. The second-order valence-electron chi connectivity index (χ2n) is 6.08. The van der Waals surface area contributed by atoms with E-state index in [4.69, 9.17) is 15.3 Å². The van der Waals surface area contributed by atoms with Gasteiger partial charge in [0.25, 0.3) is 0 Å². The number of hydrogen-bond donors (Lipinski definition) is 2. The minimum absolute atomic E-state index is 0.0225. The summed E-state index contributed by atoms with van der Waals surface area (Å²) in [6.07, 6.45) is 4.50. The maximum Gasteiger partial charge on any atom is 0.119 e. The van der Waals surface area contributed by atoms with E-state index in [1.165, 1.54) is 12.8 Å². The monoisotopic (exact) mass is 292 g/mol. The summed E-state index contributed by atoms with van der Waals surface area (Å²) < 4.78 is 11.6. The Morgan fingerprint density at radius 3 is 2.90 bits per heavy atom. The van der Waals surface area contributed by atoms with Crippen LogP contribution in [0.5, 0.6) is 5.75 Å². The van der Waals surface area contributed by atoms with Crippen LogP contribution < -0.4 is 16.0 Å². The summed E-state index contributed by atoms with van der Waals surface area (Å²) in [5.41, 5.74) is 3.87. The molecule has 118 valence electrons. The quantitative estimate of drug-likeness (QED) is 0.624. The highest BCUT2D eigenvalue weighted by atomic mass is 16.5. The smallest absolute Gasteiger partial charge is 0.119 e. The number of hydrazine groups is 1. The molecule has 0 aliphatic heterocycles. The van der Waals surface area contributed by atoms with Crippen molar-refractivity contribution in [3.63, 3.8) is 0 Å². The van der Waals surface area contributed by atoms with Crippen LogP contribution in [0, 0.1) is 5.92 Å². The van der Waals surface area contributed by atoms with Gasteiger partial charge in [0.05, 0.1) is 18.2 Å². The van der Waals surface area contributed by atoms with Gasteiger partial charge >= 0.3 is 0 Å². The minimum atomic E-state index is -0.239. The Hall–Kier alpha value is -1.10. The molecular formula is C17H28N2O2. The first-order valence-electron chi connectivity index (χ1n) is 7.89. The van der Waals surface area contributed by atoms with E-state index in [2.05, 4.69) is 24.5 Å². The number of ether oxygens (including phenoxy) is 2. The zero-order valence-corrected chi connectivity index (χ0v) is 13.4. The SMILES string of the molecule is CCOc1cccc(C(NN)C2(OC)CCCC(C)C2)c1. The van der Waals surface area contributed by atoms with E-state index in [0.717, 1.165) is 24.2 Å². The number of nitrogens with one attached hydrogen (secondary N) is 1. The summed E-state index contributed by atoms with van der Waals surface area (Å²) >= 11 is 0. The predicted octanol–water partition coefficient (Wildman–Crippen LogP) is 3.19. The predicted molar refractivity (Wildman–Crippen MR) is 85.0 cm³/mol. The van der Waals surface area contributed by atoms with Crippen LogP contribution in [0.4, 0.5) is 0 Å². The van der Waals surface area contributed by atoms with Gasteiger partial charge < -0.3 is 9.47 Å². The highest BCUT2D eigenvalue weighted by molar-refractivity contribution is 5.32. The van der Waals surface area contributed by atoms with Gasteiger partial charge in [-0.2, -0.15) is 0 Å². The first kappa shape index (κ1) is 16.3. The Bertz CT molecular complexity index is 452. The second kappa shape index (κ2) is 7.25. The van der Waals surface area contributed by atoms with Crippen molar-refractivity contribution >= 4 is 0 Å². The largest absolute Gasteiger partial charge is 0.494 e. The standard InChI is InChI=1S/C17H28N2O2/c1-4-21-15-9-5-8-14(11-15)16(19-18)17(20-3)10-6-7-13(2)12-17/h5,8-9,11,13,16,19H,4,6-7,10,12,18H2,1-3H3. The van der Waals surface area contributed by atoms with E-state index < -0.39 is 0 Å². The summed E-state index contributed by atoms with van der Waals surface area (Å²) in [5, 5.41) is 0. The summed E-state index contributed by atoms with van der Waals surface area (Å²) in [6.45, 7) is 4.94. The van der Waals surface area contributed by atoms with Crippen molar-refractivity contribution in [1.82, 2.24) is 5.43 Å². The first-order valence-corrected chi connectivity index (χ1v) is 7.89. The van der Waals surface area contributed by atoms with Crippen molar-refractivity contribution in [2.75, 3.05) is 13.7 Å². The molecular weight excluding hydrogens is 264 g/mol. The molecule has 1 aromatic carbocycles. The minimum Gasteiger partial charge on any atom is -0.494 e. The van der Waals surface area contributed by atoms with Gasteiger partial charge in [0.15, 0.2) is 0 Å². The highest BCUT2D eigenvalue weighted by Gasteiger charge is 2.42. The average Bonchev–Trinajstić information content (AvgIpc) is 2.49. The van der Waals surface area contributed by atoms with E-state index in [1.807, 2.05) is 19.1 Å². The molecule has 0 heterocycles. The molecule has 3 atom stereocenters. The zero-order chi connectivity index (χ0) is 15.3. The van der Waals surface area contributed by atoms with Gasteiger partial charge in [0, 0.05) is 7.11 Å². The second-order valence-corrected chi connectivity index (χ2v) is 6.08. The Morgan fingerprint density at radius 2 is 2.29 bits per heavy atom. The molecule has 1 fully saturated rings. The summed E-state index contributed by atoms with van der Waals surface area (Å²) in [5.74, 6) is 7.43.